The summed E-state index contributed by atoms with van der Waals surface area (Å²) in [4.78, 5) is 23.5. The predicted molar refractivity (Wildman–Crippen MR) is 90.5 cm³/mol. The Morgan fingerprint density at radius 2 is 1.83 bits per heavy atom. The highest BCUT2D eigenvalue weighted by atomic mass is 35.5. The van der Waals surface area contributed by atoms with Crippen LogP contribution in [0, 0.1) is 5.82 Å². The molecule has 0 atom stereocenters. The zero-order valence-electron chi connectivity index (χ0n) is 12.8. The van der Waals surface area contributed by atoms with Crippen molar-refractivity contribution >= 4 is 29.1 Å². The maximum atomic E-state index is 13.0. The molecule has 7 heteroatoms. The lowest BCUT2D eigenvalue weighted by Gasteiger charge is -2.05. The first-order valence-corrected chi connectivity index (χ1v) is 7.46. The summed E-state index contributed by atoms with van der Waals surface area (Å²) in [6.07, 6.45) is 0. The SMILES string of the molecule is C/C(=N/NC(=O)CNC(=O)c1cccc(F)c1)c1ccc(Cl)cc1. The van der Waals surface area contributed by atoms with Crippen molar-refractivity contribution in [1.29, 1.82) is 0 Å². The van der Waals surface area contributed by atoms with E-state index in [0.29, 0.717) is 10.7 Å². The van der Waals surface area contributed by atoms with E-state index in [0.717, 1.165) is 11.6 Å². The van der Waals surface area contributed by atoms with Gasteiger partial charge < -0.3 is 5.32 Å². The molecule has 0 spiro atoms. The van der Waals surface area contributed by atoms with Gasteiger partial charge in [0.25, 0.3) is 11.8 Å². The van der Waals surface area contributed by atoms with Crippen LogP contribution in [0.25, 0.3) is 0 Å². The molecular formula is C17H15ClFN3O2. The van der Waals surface area contributed by atoms with Gasteiger partial charge in [0.1, 0.15) is 5.82 Å². The number of amides is 2. The second-order valence-corrected chi connectivity index (χ2v) is 5.37. The van der Waals surface area contributed by atoms with Crippen molar-refractivity contribution in [3.63, 3.8) is 0 Å². The first-order valence-electron chi connectivity index (χ1n) is 7.08. The molecule has 24 heavy (non-hydrogen) atoms. The average molecular weight is 348 g/mol. The topological polar surface area (TPSA) is 70.6 Å². The second-order valence-electron chi connectivity index (χ2n) is 4.93. The lowest BCUT2D eigenvalue weighted by atomic mass is 10.1. The van der Waals surface area contributed by atoms with Crippen LogP contribution in [-0.4, -0.2) is 24.1 Å². The number of benzene rings is 2. The van der Waals surface area contributed by atoms with Crippen molar-refractivity contribution in [3.05, 3.63) is 70.5 Å². The Kier molecular flexibility index (Phi) is 6.03. The predicted octanol–water partition coefficient (Wildman–Crippen LogP) is 2.75. The Balaban J connectivity index is 1.86. The van der Waals surface area contributed by atoms with E-state index in [1.54, 1.807) is 31.2 Å². The molecule has 0 unspecified atom stereocenters. The van der Waals surface area contributed by atoms with Gasteiger partial charge >= 0.3 is 0 Å². The average Bonchev–Trinajstić information content (AvgIpc) is 2.58. The molecule has 0 radical (unpaired) electrons. The van der Waals surface area contributed by atoms with Crippen molar-refractivity contribution in [3.8, 4) is 0 Å². The van der Waals surface area contributed by atoms with Gasteiger partial charge in [0, 0.05) is 10.6 Å². The van der Waals surface area contributed by atoms with E-state index in [-0.39, 0.29) is 12.1 Å². The summed E-state index contributed by atoms with van der Waals surface area (Å²) in [5.41, 5.74) is 3.89. The van der Waals surface area contributed by atoms with Crippen LogP contribution in [0.2, 0.25) is 5.02 Å². The number of halogens is 2. The van der Waals surface area contributed by atoms with Gasteiger partial charge in [-0.3, -0.25) is 9.59 Å². The van der Waals surface area contributed by atoms with Crippen LogP contribution >= 0.6 is 11.6 Å². The lowest BCUT2D eigenvalue weighted by molar-refractivity contribution is -0.120. The van der Waals surface area contributed by atoms with E-state index in [1.807, 2.05) is 0 Å². The molecule has 0 aromatic heterocycles. The molecule has 0 fully saturated rings. The highest BCUT2D eigenvalue weighted by Gasteiger charge is 2.08. The summed E-state index contributed by atoms with van der Waals surface area (Å²) in [6, 6.07) is 12.2. The molecule has 0 bridgehead atoms. The summed E-state index contributed by atoms with van der Waals surface area (Å²) < 4.78 is 13.0. The fourth-order valence-electron chi connectivity index (χ4n) is 1.83. The van der Waals surface area contributed by atoms with Crippen LogP contribution in [0.4, 0.5) is 4.39 Å². The van der Waals surface area contributed by atoms with E-state index in [4.69, 9.17) is 11.6 Å². The second kappa shape index (κ2) is 8.21. The number of carbonyl (C=O) groups excluding carboxylic acids is 2. The number of carbonyl (C=O) groups is 2. The zero-order chi connectivity index (χ0) is 17.5. The van der Waals surface area contributed by atoms with Gasteiger partial charge in [-0.1, -0.05) is 29.8 Å². The minimum atomic E-state index is -0.539. The van der Waals surface area contributed by atoms with E-state index in [1.165, 1.54) is 18.2 Å². The first kappa shape index (κ1) is 17.6. The summed E-state index contributed by atoms with van der Waals surface area (Å²) in [5.74, 6) is -1.55. The monoisotopic (exact) mass is 347 g/mol. The lowest BCUT2D eigenvalue weighted by Crippen LogP contribution is -2.35. The summed E-state index contributed by atoms with van der Waals surface area (Å²) >= 11 is 5.80. The van der Waals surface area contributed by atoms with Gasteiger partial charge in [-0.05, 0) is 42.8 Å². The summed E-state index contributed by atoms with van der Waals surface area (Å²) in [6.45, 7) is 1.46. The van der Waals surface area contributed by atoms with Gasteiger partial charge in [-0.25, -0.2) is 9.82 Å². The maximum absolute atomic E-state index is 13.0. The highest BCUT2D eigenvalue weighted by Crippen LogP contribution is 2.10. The number of rotatable bonds is 5. The van der Waals surface area contributed by atoms with Gasteiger partial charge in [-0.2, -0.15) is 5.10 Å². The number of nitrogens with one attached hydrogen (secondary N) is 2. The zero-order valence-corrected chi connectivity index (χ0v) is 13.6. The van der Waals surface area contributed by atoms with Crippen molar-refractivity contribution < 1.29 is 14.0 Å². The Bertz CT molecular complexity index is 776. The van der Waals surface area contributed by atoms with Crippen LogP contribution in [0.15, 0.2) is 53.6 Å². The molecule has 2 rings (SSSR count). The van der Waals surface area contributed by atoms with Crippen molar-refractivity contribution in [2.75, 3.05) is 6.54 Å². The van der Waals surface area contributed by atoms with Gasteiger partial charge in [-0.15, -0.1) is 0 Å². The highest BCUT2D eigenvalue weighted by molar-refractivity contribution is 6.30. The number of hydrogen-bond donors (Lipinski definition) is 2. The molecule has 5 nitrogen and oxygen atoms in total. The number of nitrogens with zero attached hydrogens (tertiary/aromatic N) is 1. The van der Waals surface area contributed by atoms with Crippen molar-refractivity contribution in [2.45, 2.75) is 6.92 Å². The first-order chi connectivity index (χ1) is 11.5. The molecular weight excluding hydrogens is 333 g/mol. The van der Waals surface area contributed by atoms with Crippen molar-refractivity contribution in [1.82, 2.24) is 10.7 Å². The Morgan fingerprint density at radius 3 is 2.50 bits per heavy atom. The Morgan fingerprint density at radius 1 is 1.12 bits per heavy atom. The summed E-state index contributed by atoms with van der Waals surface area (Å²) in [7, 11) is 0. The van der Waals surface area contributed by atoms with E-state index >= 15 is 0 Å². The van der Waals surface area contributed by atoms with Gasteiger partial charge in [0.05, 0.1) is 12.3 Å². The fourth-order valence-corrected chi connectivity index (χ4v) is 1.96. The van der Waals surface area contributed by atoms with Gasteiger partial charge in [0.15, 0.2) is 0 Å². The smallest absolute Gasteiger partial charge is 0.259 e. The van der Waals surface area contributed by atoms with E-state index in [9.17, 15) is 14.0 Å². The molecule has 0 aliphatic rings. The number of hydrazone groups is 1. The normalized spacial score (nSPS) is 11.0. The molecule has 2 aromatic rings. The van der Waals surface area contributed by atoms with Crippen LogP contribution in [0.1, 0.15) is 22.8 Å². The van der Waals surface area contributed by atoms with Gasteiger partial charge in [0.2, 0.25) is 0 Å². The fraction of sp³-hybridized carbons (Fsp3) is 0.118. The van der Waals surface area contributed by atoms with Crippen molar-refractivity contribution in [2.24, 2.45) is 5.10 Å². The quantitative estimate of drug-likeness (QED) is 0.645. The van der Waals surface area contributed by atoms with Crippen LogP contribution in [-0.2, 0) is 4.79 Å². The molecule has 0 heterocycles. The molecule has 124 valence electrons. The maximum Gasteiger partial charge on any atom is 0.259 e. The van der Waals surface area contributed by atoms with Crippen LogP contribution < -0.4 is 10.7 Å². The molecule has 2 N–H and O–H groups in total. The molecule has 2 amide bonds. The minimum absolute atomic E-state index is 0.142. The van der Waals surface area contributed by atoms with Crippen LogP contribution in [0.5, 0.6) is 0 Å². The third-order valence-corrected chi connectivity index (χ3v) is 3.36. The molecule has 0 aliphatic heterocycles. The summed E-state index contributed by atoms with van der Waals surface area (Å²) in [5, 5.41) is 6.95. The molecule has 0 saturated heterocycles. The van der Waals surface area contributed by atoms with E-state index < -0.39 is 17.6 Å². The third kappa shape index (κ3) is 5.17. The Labute approximate surface area is 143 Å². The number of hydrogen-bond acceptors (Lipinski definition) is 3. The van der Waals surface area contributed by atoms with E-state index in [2.05, 4.69) is 15.8 Å². The minimum Gasteiger partial charge on any atom is -0.343 e. The Hall–Kier alpha value is -2.73. The molecule has 0 aliphatic carbocycles. The third-order valence-electron chi connectivity index (χ3n) is 3.11. The largest absolute Gasteiger partial charge is 0.343 e. The standard InChI is InChI=1S/C17H15ClFN3O2/c1-11(12-5-7-14(18)8-6-12)21-22-16(23)10-20-17(24)13-3-2-4-15(19)9-13/h2-9H,10H2,1H3,(H,20,24)(H,22,23)/b21-11-. The molecule has 0 saturated carbocycles. The molecule has 2 aromatic carbocycles. The van der Waals surface area contributed by atoms with Crippen LogP contribution in [0.3, 0.4) is 0 Å².